The van der Waals surface area contributed by atoms with E-state index in [0.717, 1.165) is 12.8 Å². The molecule has 0 unspecified atom stereocenters. The average Bonchev–Trinajstić information content (AvgIpc) is 3.18. The van der Waals surface area contributed by atoms with Crippen molar-refractivity contribution in [2.75, 3.05) is 26.9 Å². The van der Waals surface area contributed by atoms with Crippen LogP contribution in [-0.4, -0.2) is 56.9 Å². The molecule has 0 aromatic heterocycles. The van der Waals surface area contributed by atoms with Gasteiger partial charge in [-0.1, -0.05) is 0 Å². The Labute approximate surface area is 156 Å². The summed E-state index contributed by atoms with van der Waals surface area (Å²) in [4.78, 5) is 34.2. The molecule has 10 nitrogen and oxygen atoms in total. The average molecular weight is 378 g/mol. The molecule has 1 aliphatic rings. The van der Waals surface area contributed by atoms with Crippen LogP contribution in [0.15, 0.2) is 23.3 Å². The molecule has 1 heterocycles. The molecule has 0 radical (unpaired) electrons. The predicted octanol–water partition coefficient (Wildman–Crippen LogP) is -0.695. The van der Waals surface area contributed by atoms with Crippen LogP contribution < -0.4 is 25.9 Å². The van der Waals surface area contributed by atoms with Gasteiger partial charge in [-0.15, -0.1) is 0 Å². The van der Waals surface area contributed by atoms with E-state index in [4.69, 9.17) is 19.9 Å². The van der Waals surface area contributed by atoms with Gasteiger partial charge in [-0.25, -0.2) is 5.43 Å². The third-order valence-corrected chi connectivity index (χ3v) is 3.66. The van der Waals surface area contributed by atoms with Crippen LogP contribution in [0, 0.1) is 0 Å². The maximum Gasteiger partial charge on any atom is 0.329 e. The fraction of sp³-hybridized carbons (Fsp3) is 0.412. The Bertz CT molecular complexity index is 715. The molecule has 0 bridgehead atoms. The minimum Gasteiger partial charge on any atom is -0.493 e. The normalized spacial score (nSPS) is 16.1. The summed E-state index contributed by atoms with van der Waals surface area (Å²) in [6.07, 6.45) is 3.10. The molecule has 0 spiro atoms. The van der Waals surface area contributed by atoms with Gasteiger partial charge in [0.15, 0.2) is 18.1 Å². The molecule has 146 valence electrons. The van der Waals surface area contributed by atoms with E-state index in [2.05, 4.69) is 15.8 Å². The van der Waals surface area contributed by atoms with E-state index in [0.29, 0.717) is 30.2 Å². The van der Waals surface area contributed by atoms with Crippen LogP contribution in [0.4, 0.5) is 0 Å². The number of carbonyl (C=O) groups is 3. The number of hydrogen-bond donors (Lipinski definition) is 3. The number of primary amides is 1. The van der Waals surface area contributed by atoms with Gasteiger partial charge in [0, 0.05) is 13.2 Å². The number of hydrogen-bond acceptors (Lipinski definition) is 7. The van der Waals surface area contributed by atoms with E-state index in [1.807, 2.05) is 0 Å². The molecule has 0 saturated carbocycles. The molecule has 3 amide bonds. The summed E-state index contributed by atoms with van der Waals surface area (Å²) in [5.74, 6) is -1.57. The lowest BCUT2D eigenvalue weighted by Gasteiger charge is -2.10. The van der Waals surface area contributed by atoms with Crippen molar-refractivity contribution in [2.45, 2.75) is 18.9 Å². The number of rotatable bonds is 8. The Morgan fingerprint density at radius 1 is 1.33 bits per heavy atom. The number of nitrogens with two attached hydrogens (primary N) is 1. The van der Waals surface area contributed by atoms with Crippen LogP contribution in [-0.2, 0) is 19.1 Å². The fourth-order valence-electron chi connectivity index (χ4n) is 2.34. The molecule has 4 N–H and O–H groups in total. The zero-order valence-corrected chi connectivity index (χ0v) is 14.9. The lowest BCUT2D eigenvalue weighted by molar-refractivity contribution is -0.139. The highest BCUT2D eigenvalue weighted by atomic mass is 16.5. The fourth-order valence-corrected chi connectivity index (χ4v) is 2.34. The maximum absolute atomic E-state index is 11.7. The SMILES string of the molecule is COc1cc(/C=N\NC(=O)C(=O)NC[C@H]2CCCO2)ccc1OCC(N)=O. The Morgan fingerprint density at radius 2 is 2.15 bits per heavy atom. The Hall–Kier alpha value is -3.14. The highest BCUT2D eigenvalue weighted by Crippen LogP contribution is 2.27. The van der Waals surface area contributed by atoms with E-state index < -0.39 is 17.7 Å². The molecule has 2 rings (SSSR count). The van der Waals surface area contributed by atoms with Crippen LogP contribution in [0.3, 0.4) is 0 Å². The molecular formula is C17H22N4O6. The number of carbonyl (C=O) groups excluding carboxylic acids is 3. The van der Waals surface area contributed by atoms with Gasteiger partial charge < -0.3 is 25.3 Å². The Kier molecular flexibility index (Phi) is 7.56. The highest BCUT2D eigenvalue weighted by Gasteiger charge is 2.18. The van der Waals surface area contributed by atoms with Crippen LogP contribution in [0.1, 0.15) is 18.4 Å². The summed E-state index contributed by atoms with van der Waals surface area (Å²) in [7, 11) is 1.44. The van der Waals surface area contributed by atoms with Crippen LogP contribution in [0.2, 0.25) is 0 Å². The number of ether oxygens (including phenoxy) is 3. The van der Waals surface area contributed by atoms with Gasteiger partial charge in [0.25, 0.3) is 5.91 Å². The van der Waals surface area contributed by atoms with Crippen molar-refractivity contribution in [2.24, 2.45) is 10.8 Å². The van der Waals surface area contributed by atoms with Crippen molar-refractivity contribution < 1.29 is 28.6 Å². The van der Waals surface area contributed by atoms with Crippen molar-refractivity contribution in [3.63, 3.8) is 0 Å². The molecule has 1 atom stereocenters. The maximum atomic E-state index is 11.7. The van der Waals surface area contributed by atoms with Gasteiger partial charge in [-0.3, -0.25) is 14.4 Å². The molecule has 1 aromatic carbocycles. The number of benzene rings is 1. The van der Waals surface area contributed by atoms with Gasteiger partial charge in [-0.05, 0) is 36.6 Å². The molecule has 0 aliphatic carbocycles. The van der Waals surface area contributed by atoms with E-state index in [9.17, 15) is 14.4 Å². The molecular weight excluding hydrogens is 356 g/mol. The van der Waals surface area contributed by atoms with Gasteiger partial charge in [-0.2, -0.15) is 5.10 Å². The van der Waals surface area contributed by atoms with Crippen molar-refractivity contribution in [3.05, 3.63) is 23.8 Å². The van der Waals surface area contributed by atoms with Crippen LogP contribution in [0.25, 0.3) is 0 Å². The first-order valence-corrected chi connectivity index (χ1v) is 8.31. The largest absolute Gasteiger partial charge is 0.493 e. The van der Waals surface area contributed by atoms with Crippen molar-refractivity contribution in [1.29, 1.82) is 0 Å². The van der Waals surface area contributed by atoms with Crippen LogP contribution in [0.5, 0.6) is 11.5 Å². The van der Waals surface area contributed by atoms with E-state index in [1.165, 1.54) is 13.3 Å². The summed E-state index contributed by atoms with van der Waals surface area (Å²) in [6.45, 7) is 0.688. The van der Waals surface area contributed by atoms with Crippen molar-refractivity contribution in [3.8, 4) is 11.5 Å². The van der Waals surface area contributed by atoms with E-state index in [1.54, 1.807) is 18.2 Å². The number of nitrogens with one attached hydrogen (secondary N) is 2. The van der Waals surface area contributed by atoms with Gasteiger partial charge in [0.1, 0.15) is 0 Å². The monoisotopic (exact) mass is 378 g/mol. The molecule has 1 saturated heterocycles. The summed E-state index contributed by atoms with van der Waals surface area (Å²) < 4.78 is 15.7. The van der Waals surface area contributed by atoms with Crippen LogP contribution >= 0.6 is 0 Å². The topological polar surface area (TPSA) is 141 Å². The summed E-state index contributed by atoms with van der Waals surface area (Å²) in [5.41, 5.74) is 7.76. The minimum atomic E-state index is -0.877. The number of hydrazone groups is 1. The minimum absolute atomic E-state index is 0.0481. The quantitative estimate of drug-likeness (QED) is 0.310. The number of amides is 3. The smallest absolute Gasteiger partial charge is 0.329 e. The van der Waals surface area contributed by atoms with Crippen molar-refractivity contribution >= 4 is 23.9 Å². The van der Waals surface area contributed by atoms with E-state index in [-0.39, 0.29) is 12.7 Å². The lowest BCUT2D eigenvalue weighted by atomic mass is 10.2. The predicted molar refractivity (Wildman–Crippen MR) is 95.4 cm³/mol. The van der Waals surface area contributed by atoms with Gasteiger partial charge in [0.05, 0.1) is 19.4 Å². The standard InChI is InChI=1S/C17H22N4O6/c1-25-14-7-11(4-5-13(14)27-10-15(18)22)8-20-21-17(24)16(23)19-9-12-3-2-6-26-12/h4-5,7-8,12H,2-3,6,9-10H2,1H3,(H2,18,22)(H,19,23)(H,21,24)/b20-8-/t12-/m1/s1. The molecule has 1 aromatic rings. The molecule has 1 aliphatic heterocycles. The molecule has 10 heteroatoms. The van der Waals surface area contributed by atoms with Gasteiger partial charge >= 0.3 is 11.8 Å². The second kappa shape index (κ2) is 10.1. The highest BCUT2D eigenvalue weighted by molar-refractivity contribution is 6.35. The number of methoxy groups -OCH3 is 1. The summed E-state index contributed by atoms with van der Waals surface area (Å²) in [6, 6.07) is 4.79. The van der Waals surface area contributed by atoms with E-state index >= 15 is 0 Å². The third kappa shape index (κ3) is 6.59. The first kappa shape index (κ1) is 20.2. The number of nitrogens with zero attached hydrogens (tertiary/aromatic N) is 1. The first-order valence-electron chi connectivity index (χ1n) is 8.31. The third-order valence-electron chi connectivity index (χ3n) is 3.66. The summed E-state index contributed by atoms with van der Waals surface area (Å²) >= 11 is 0. The first-order chi connectivity index (χ1) is 13.0. The van der Waals surface area contributed by atoms with Gasteiger partial charge in [0.2, 0.25) is 0 Å². The second-order valence-electron chi connectivity index (χ2n) is 5.71. The molecule has 27 heavy (non-hydrogen) atoms. The second-order valence-corrected chi connectivity index (χ2v) is 5.71. The lowest BCUT2D eigenvalue weighted by Crippen LogP contribution is -2.41. The zero-order valence-electron chi connectivity index (χ0n) is 14.9. The Balaban J connectivity index is 1.84. The van der Waals surface area contributed by atoms with Crippen molar-refractivity contribution in [1.82, 2.24) is 10.7 Å². The summed E-state index contributed by atoms with van der Waals surface area (Å²) in [5, 5.41) is 6.23. The zero-order chi connectivity index (χ0) is 19.6. The molecule has 1 fully saturated rings. The Morgan fingerprint density at radius 3 is 2.81 bits per heavy atom.